The van der Waals surface area contributed by atoms with Crippen LogP contribution in [0.5, 0.6) is 0 Å². The summed E-state index contributed by atoms with van der Waals surface area (Å²) in [7, 11) is 0. The summed E-state index contributed by atoms with van der Waals surface area (Å²) in [4.78, 5) is 7.55. The summed E-state index contributed by atoms with van der Waals surface area (Å²) in [6.45, 7) is 16.4. The lowest BCUT2D eigenvalue weighted by molar-refractivity contribution is 0.552. The highest BCUT2D eigenvalue weighted by Crippen LogP contribution is 2.38. The first-order chi connectivity index (χ1) is 12.8. The molecule has 4 rings (SSSR count). The quantitative estimate of drug-likeness (QED) is 0.636. The van der Waals surface area contributed by atoms with E-state index in [-0.39, 0.29) is 0 Å². The number of fused-ring (bicyclic) bond motifs is 3. The molecule has 0 N–H and O–H groups in total. The lowest BCUT2D eigenvalue weighted by Crippen LogP contribution is -2.39. The van der Waals surface area contributed by atoms with Crippen molar-refractivity contribution >= 4 is 11.5 Å². The monoisotopic (exact) mass is 362 g/mol. The summed E-state index contributed by atoms with van der Waals surface area (Å²) in [6.07, 6.45) is 2.26. The first-order valence-electron chi connectivity index (χ1n) is 10.1. The van der Waals surface area contributed by atoms with Crippen molar-refractivity contribution in [2.45, 2.75) is 67.3 Å². The van der Waals surface area contributed by atoms with Crippen molar-refractivity contribution in [1.82, 2.24) is 14.6 Å². The first-order valence-corrected chi connectivity index (χ1v) is 10.1. The lowest BCUT2D eigenvalue weighted by Gasteiger charge is -2.36. The Bertz CT molecular complexity index is 1020. The van der Waals surface area contributed by atoms with E-state index >= 15 is 0 Å². The zero-order chi connectivity index (χ0) is 19.5. The molecule has 0 bridgehead atoms. The third-order valence-corrected chi connectivity index (χ3v) is 6.10. The highest BCUT2D eigenvalue weighted by molar-refractivity contribution is 5.85. The van der Waals surface area contributed by atoms with Crippen molar-refractivity contribution in [3.05, 3.63) is 45.8 Å². The van der Waals surface area contributed by atoms with E-state index in [4.69, 9.17) is 10.1 Å². The number of nitrogens with zero attached hydrogens (tertiary/aromatic N) is 4. The number of rotatable bonds is 2. The maximum absolute atomic E-state index is 5.06. The van der Waals surface area contributed by atoms with Crippen molar-refractivity contribution in [3.63, 3.8) is 0 Å². The van der Waals surface area contributed by atoms with E-state index in [0.29, 0.717) is 6.04 Å². The molecule has 0 radical (unpaired) electrons. The van der Waals surface area contributed by atoms with Crippen LogP contribution in [0.15, 0.2) is 12.1 Å². The molecule has 0 amide bonds. The Morgan fingerprint density at radius 3 is 2.30 bits per heavy atom. The third-order valence-electron chi connectivity index (χ3n) is 6.10. The van der Waals surface area contributed by atoms with Gasteiger partial charge in [-0.05, 0) is 78.0 Å². The van der Waals surface area contributed by atoms with E-state index in [1.165, 1.54) is 45.6 Å². The summed E-state index contributed by atoms with van der Waals surface area (Å²) in [5, 5.41) is 4.99. The van der Waals surface area contributed by atoms with Crippen LogP contribution in [-0.2, 0) is 6.42 Å². The molecule has 0 spiro atoms. The van der Waals surface area contributed by atoms with Gasteiger partial charge in [0.05, 0.1) is 11.3 Å². The molecule has 0 saturated carbocycles. The molecule has 1 aliphatic heterocycles. The van der Waals surface area contributed by atoms with Gasteiger partial charge in [0.15, 0.2) is 5.65 Å². The number of aromatic nitrogens is 3. The number of aryl methyl sites for hydroxylation is 5. The fourth-order valence-electron chi connectivity index (χ4n) is 4.92. The molecule has 2 aromatic heterocycles. The average Bonchev–Trinajstić information content (AvgIpc) is 2.90. The van der Waals surface area contributed by atoms with Gasteiger partial charge in [0.25, 0.3) is 0 Å². The van der Waals surface area contributed by atoms with Crippen LogP contribution in [-0.4, -0.2) is 27.2 Å². The standard InChI is InChI=1S/C23H30N4/c1-8-26-16(5)9-10-19-17(6)24-22-21(18(7)25-27(22)23(19)26)20-14(3)11-13(2)12-15(20)4/h11-12,16H,8-10H2,1-7H3. The van der Waals surface area contributed by atoms with Crippen LogP contribution in [0, 0.1) is 34.6 Å². The molecule has 27 heavy (non-hydrogen) atoms. The summed E-state index contributed by atoms with van der Waals surface area (Å²) in [5.41, 5.74) is 10.9. The minimum Gasteiger partial charge on any atom is -0.354 e. The topological polar surface area (TPSA) is 33.4 Å². The Balaban J connectivity index is 2.08. The normalized spacial score (nSPS) is 16.9. The largest absolute Gasteiger partial charge is 0.354 e. The Kier molecular flexibility index (Phi) is 4.25. The van der Waals surface area contributed by atoms with Crippen LogP contribution in [0.2, 0.25) is 0 Å². The number of benzene rings is 1. The van der Waals surface area contributed by atoms with Crippen molar-refractivity contribution in [2.75, 3.05) is 11.4 Å². The third kappa shape index (κ3) is 2.65. The second-order valence-corrected chi connectivity index (χ2v) is 8.14. The molecule has 0 aliphatic carbocycles. The predicted molar refractivity (Wildman–Crippen MR) is 113 cm³/mol. The van der Waals surface area contributed by atoms with Gasteiger partial charge in [0.1, 0.15) is 5.82 Å². The lowest BCUT2D eigenvalue weighted by atomic mass is 9.93. The van der Waals surface area contributed by atoms with Gasteiger partial charge in [-0.2, -0.15) is 9.61 Å². The van der Waals surface area contributed by atoms with Gasteiger partial charge in [0, 0.05) is 23.8 Å². The van der Waals surface area contributed by atoms with Gasteiger partial charge in [-0.25, -0.2) is 4.98 Å². The van der Waals surface area contributed by atoms with Crippen LogP contribution in [0.4, 0.5) is 5.82 Å². The zero-order valence-corrected chi connectivity index (χ0v) is 17.6. The molecular formula is C23H30N4. The molecule has 0 saturated heterocycles. The molecule has 4 heteroatoms. The van der Waals surface area contributed by atoms with Gasteiger partial charge >= 0.3 is 0 Å². The van der Waals surface area contributed by atoms with E-state index in [1.54, 1.807) is 0 Å². The van der Waals surface area contributed by atoms with Crippen molar-refractivity contribution in [3.8, 4) is 11.1 Å². The minimum absolute atomic E-state index is 0.531. The van der Waals surface area contributed by atoms with Crippen LogP contribution in [0.1, 0.15) is 53.9 Å². The van der Waals surface area contributed by atoms with Gasteiger partial charge in [-0.15, -0.1) is 0 Å². The maximum Gasteiger partial charge on any atom is 0.165 e. The summed E-state index contributed by atoms with van der Waals surface area (Å²) in [6, 6.07) is 5.05. The molecule has 0 fully saturated rings. The van der Waals surface area contributed by atoms with Gasteiger partial charge in [-0.1, -0.05) is 17.7 Å². The zero-order valence-electron chi connectivity index (χ0n) is 17.6. The minimum atomic E-state index is 0.531. The van der Waals surface area contributed by atoms with Crippen LogP contribution in [0.25, 0.3) is 16.8 Å². The van der Waals surface area contributed by atoms with Crippen molar-refractivity contribution in [1.29, 1.82) is 0 Å². The molecule has 1 unspecified atom stereocenters. The van der Waals surface area contributed by atoms with E-state index in [0.717, 1.165) is 30.0 Å². The highest BCUT2D eigenvalue weighted by Gasteiger charge is 2.29. The van der Waals surface area contributed by atoms with Gasteiger partial charge in [-0.3, -0.25) is 0 Å². The SMILES string of the molecule is CCN1c2c(c(C)nc3c(-c4c(C)cc(C)cc4C)c(C)nn23)CCC1C. The van der Waals surface area contributed by atoms with Crippen molar-refractivity contribution in [2.24, 2.45) is 0 Å². The number of anilines is 1. The molecule has 1 aromatic carbocycles. The number of hydrogen-bond acceptors (Lipinski definition) is 3. The van der Waals surface area contributed by atoms with Crippen LogP contribution >= 0.6 is 0 Å². The fraction of sp³-hybridized carbons (Fsp3) is 0.478. The molecule has 3 heterocycles. The van der Waals surface area contributed by atoms with Crippen molar-refractivity contribution < 1.29 is 0 Å². The van der Waals surface area contributed by atoms with E-state index in [1.807, 2.05) is 0 Å². The smallest absolute Gasteiger partial charge is 0.165 e. The van der Waals surface area contributed by atoms with E-state index in [2.05, 4.69) is 70.0 Å². The average molecular weight is 363 g/mol. The predicted octanol–water partition coefficient (Wildman–Crippen LogP) is 5.10. The summed E-state index contributed by atoms with van der Waals surface area (Å²) in [5.74, 6) is 1.25. The molecular weight excluding hydrogens is 332 g/mol. The highest BCUT2D eigenvalue weighted by atomic mass is 15.4. The summed E-state index contributed by atoms with van der Waals surface area (Å²) >= 11 is 0. The van der Waals surface area contributed by atoms with E-state index < -0.39 is 0 Å². The fourth-order valence-corrected chi connectivity index (χ4v) is 4.92. The Labute approximate surface area is 162 Å². The molecule has 1 atom stereocenters. The Morgan fingerprint density at radius 2 is 1.67 bits per heavy atom. The van der Waals surface area contributed by atoms with E-state index in [9.17, 15) is 0 Å². The summed E-state index contributed by atoms with van der Waals surface area (Å²) < 4.78 is 2.12. The molecule has 142 valence electrons. The second-order valence-electron chi connectivity index (χ2n) is 8.14. The maximum atomic E-state index is 5.06. The first kappa shape index (κ1) is 18.0. The van der Waals surface area contributed by atoms with Gasteiger partial charge in [0.2, 0.25) is 0 Å². The van der Waals surface area contributed by atoms with Crippen LogP contribution in [0.3, 0.4) is 0 Å². The Hall–Kier alpha value is -2.36. The van der Waals surface area contributed by atoms with Crippen LogP contribution < -0.4 is 4.90 Å². The second kappa shape index (κ2) is 6.36. The van der Waals surface area contributed by atoms with Gasteiger partial charge < -0.3 is 4.90 Å². The molecule has 3 aromatic rings. The number of hydrogen-bond donors (Lipinski definition) is 0. The molecule has 4 nitrogen and oxygen atoms in total. The Morgan fingerprint density at radius 1 is 1.00 bits per heavy atom. The molecule has 1 aliphatic rings.